The van der Waals surface area contributed by atoms with Crippen molar-refractivity contribution in [3.05, 3.63) is 41.7 Å². The average molecular weight is 285 g/mol. The highest BCUT2D eigenvalue weighted by molar-refractivity contribution is 5.86. The summed E-state index contributed by atoms with van der Waals surface area (Å²) < 4.78 is 5.23. The summed E-state index contributed by atoms with van der Waals surface area (Å²) in [5.41, 5.74) is 0.842. The molecular weight excluding hydrogens is 274 g/mol. The zero-order valence-corrected chi connectivity index (χ0v) is 10.9. The van der Waals surface area contributed by atoms with E-state index in [1.165, 1.54) is 12.4 Å². The summed E-state index contributed by atoms with van der Waals surface area (Å²) in [6.07, 6.45) is 2.40. The second kappa shape index (κ2) is 6.45. The molecule has 0 aliphatic rings. The molecule has 0 fully saturated rings. The fourth-order valence-electron chi connectivity index (χ4n) is 1.63. The van der Waals surface area contributed by atoms with E-state index in [-0.39, 0.29) is 24.3 Å². The maximum Gasteiger partial charge on any atom is 0.338 e. The third kappa shape index (κ3) is 3.32. The fraction of sp³-hybridized carbons (Fsp3) is 0.143. The van der Waals surface area contributed by atoms with Crippen molar-refractivity contribution in [3.8, 4) is 23.2 Å². The maximum absolute atomic E-state index is 10.7. The van der Waals surface area contributed by atoms with Crippen LogP contribution in [0.15, 0.2) is 30.6 Å². The molecule has 0 radical (unpaired) electrons. The summed E-state index contributed by atoms with van der Waals surface area (Å²) in [6, 6.07) is 6.77. The van der Waals surface area contributed by atoms with Crippen molar-refractivity contribution < 1.29 is 19.7 Å². The van der Waals surface area contributed by atoms with Gasteiger partial charge in [-0.25, -0.2) is 14.8 Å². The summed E-state index contributed by atoms with van der Waals surface area (Å²) in [5.74, 6) is -0.435. The van der Waals surface area contributed by atoms with Crippen LogP contribution in [0.4, 0.5) is 0 Å². The van der Waals surface area contributed by atoms with Crippen molar-refractivity contribution in [3.63, 3.8) is 0 Å². The second-order valence-corrected chi connectivity index (χ2v) is 4.00. The van der Waals surface area contributed by atoms with Gasteiger partial charge in [-0.3, -0.25) is 0 Å². The number of hydrogen-bond donors (Lipinski definition) is 2. The van der Waals surface area contributed by atoms with E-state index in [2.05, 4.69) is 9.97 Å². The van der Waals surface area contributed by atoms with E-state index in [9.17, 15) is 4.79 Å². The van der Waals surface area contributed by atoms with Crippen molar-refractivity contribution in [2.75, 3.05) is 13.2 Å². The molecule has 0 saturated heterocycles. The van der Waals surface area contributed by atoms with Crippen LogP contribution in [0.5, 0.6) is 5.75 Å². The Morgan fingerprint density at radius 3 is 2.62 bits per heavy atom. The molecule has 1 aromatic carbocycles. The molecule has 2 rings (SSSR count). The van der Waals surface area contributed by atoms with Gasteiger partial charge in [-0.15, -0.1) is 0 Å². The van der Waals surface area contributed by atoms with Crippen molar-refractivity contribution in [2.24, 2.45) is 0 Å². The van der Waals surface area contributed by atoms with Gasteiger partial charge in [-0.2, -0.15) is 5.26 Å². The van der Waals surface area contributed by atoms with E-state index in [0.717, 1.165) is 0 Å². The Morgan fingerprint density at radius 1 is 1.33 bits per heavy atom. The first kappa shape index (κ1) is 14.4. The molecule has 0 atom stereocenters. The maximum atomic E-state index is 10.7. The monoisotopic (exact) mass is 285 g/mol. The highest BCUT2D eigenvalue weighted by atomic mass is 16.5. The number of hydrogen-bond acceptors (Lipinski definition) is 6. The van der Waals surface area contributed by atoms with E-state index >= 15 is 0 Å². The summed E-state index contributed by atoms with van der Waals surface area (Å²) in [6.45, 7) is -0.0514. The molecule has 1 aromatic heterocycles. The van der Waals surface area contributed by atoms with Gasteiger partial charge in [0.15, 0.2) is 5.82 Å². The van der Waals surface area contributed by atoms with Gasteiger partial charge in [0.05, 0.1) is 17.7 Å². The third-order valence-corrected chi connectivity index (χ3v) is 2.61. The summed E-state index contributed by atoms with van der Waals surface area (Å²) in [7, 11) is 0. The number of nitrogens with zero attached hydrogens (tertiary/aromatic N) is 3. The number of aliphatic hydroxyl groups is 1. The molecule has 0 unspecified atom stereocenters. The van der Waals surface area contributed by atoms with Gasteiger partial charge in [0.2, 0.25) is 0 Å². The van der Waals surface area contributed by atoms with Crippen LogP contribution in [0, 0.1) is 11.3 Å². The summed E-state index contributed by atoms with van der Waals surface area (Å²) >= 11 is 0. The van der Waals surface area contributed by atoms with Crippen LogP contribution in [0.3, 0.4) is 0 Å². The second-order valence-electron chi connectivity index (χ2n) is 4.00. The van der Waals surface area contributed by atoms with E-state index in [1.807, 2.05) is 6.07 Å². The smallest absolute Gasteiger partial charge is 0.338 e. The van der Waals surface area contributed by atoms with E-state index in [0.29, 0.717) is 17.1 Å². The largest absolute Gasteiger partial charge is 0.490 e. The van der Waals surface area contributed by atoms with Gasteiger partial charge < -0.3 is 14.9 Å². The molecule has 0 bridgehead atoms. The van der Waals surface area contributed by atoms with Gasteiger partial charge >= 0.3 is 5.97 Å². The number of carbonyl (C=O) groups is 1. The van der Waals surface area contributed by atoms with Crippen LogP contribution in [-0.4, -0.2) is 39.4 Å². The van der Waals surface area contributed by atoms with Crippen LogP contribution in [0.2, 0.25) is 0 Å². The Bertz CT molecular complexity index is 692. The minimum Gasteiger partial charge on any atom is -0.490 e. The molecule has 1 heterocycles. The topological polar surface area (TPSA) is 116 Å². The van der Waals surface area contributed by atoms with Gasteiger partial charge in [-0.05, 0) is 18.2 Å². The molecule has 0 saturated carbocycles. The van der Waals surface area contributed by atoms with Crippen LogP contribution < -0.4 is 4.74 Å². The minimum absolute atomic E-state index is 0.0119. The molecule has 0 amide bonds. The highest BCUT2D eigenvalue weighted by Crippen LogP contribution is 2.24. The molecule has 7 heteroatoms. The van der Waals surface area contributed by atoms with Crippen LogP contribution in [-0.2, 0) is 0 Å². The number of benzene rings is 1. The summed E-state index contributed by atoms with van der Waals surface area (Å²) in [5, 5.41) is 26.6. The Morgan fingerprint density at radius 2 is 2.05 bits per heavy atom. The number of rotatable bonds is 5. The molecule has 106 valence electrons. The Labute approximate surface area is 120 Å². The average Bonchev–Trinajstić information content (AvgIpc) is 2.52. The number of aliphatic hydroxyl groups excluding tert-OH is 1. The Kier molecular flexibility index (Phi) is 4.43. The molecular formula is C14H11N3O4. The van der Waals surface area contributed by atoms with Gasteiger partial charge in [0, 0.05) is 18.0 Å². The molecule has 21 heavy (non-hydrogen) atoms. The Hall–Kier alpha value is -2.98. The molecule has 2 N–H and O–H groups in total. The highest BCUT2D eigenvalue weighted by Gasteiger charge is 2.09. The van der Waals surface area contributed by atoms with Crippen LogP contribution in [0.1, 0.15) is 15.9 Å². The lowest BCUT2D eigenvalue weighted by Crippen LogP contribution is -2.03. The predicted molar refractivity (Wildman–Crippen MR) is 71.7 cm³/mol. The third-order valence-electron chi connectivity index (χ3n) is 2.61. The first-order chi connectivity index (χ1) is 10.2. The zero-order chi connectivity index (χ0) is 15.2. The first-order valence-electron chi connectivity index (χ1n) is 5.99. The quantitative estimate of drug-likeness (QED) is 0.844. The Balaban J connectivity index is 2.32. The predicted octanol–water partition coefficient (Wildman–Crippen LogP) is 1.08. The molecule has 0 aliphatic heterocycles. The van der Waals surface area contributed by atoms with E-state index in [1.54, 1.807) is 18.2 Å². The normalized spacial score (nSPS) is 9.90. The lowest BCUT2D eigenvalue weighted by molar-refractivity contribution is 0.0696. The van der Waals surface area contributed by atoms with Crippen LogP contribution >= 0.6 is 0 Å². The van der Waals surface area contributed by atoms with E-state index < -0.39 is 5.97 Å². The molecule has 7 nitrogen and oxygen atoms in total. The minimum atomic E-state index is -1.10. The number of carboxylic acid groups (broad SMARTS) is 1. The van der Waals surface area contributed by atoms with Crippen molar-refractivity contribution in [1.29, 1.82) is 5.26 Å². The first-order valence-corrected chi connectivity index (χ1v) is 5.99. The number of ether oxygens (including phenoxy) is 1. The molecule has 2 aromatic rings. The lowest BCUT2D eigenvalue weighted by atomic mass is 10.1. The summed E-state index contributed by atoms with van der Waals surface area (Å²) in [4.78, 5) is 18.6. The molecule has 0 spiro atoms. The fourth-order valence-corrected chi connectivity index (χ4v) is 1.63. The van der Waals surface area contributed by atoms with Gasteiger partial charge in [0.25, 0.3) is 0 Å². The van der Waals surface area contributed by atoms with E-state index in [4.69, 9.17) is 20.2 Å². The SMILES string of the molecule is N#Cc1cc(-c2ncc(C(=O)O)cn2)ccc1OCCO. The van der Waals surface area contributed by atoms with Gasteiger partial charge in [-0.1, -0.05) is 0 Å². The van der Waals surface area contributed by atoms with Crippen molar-refractivity contribution in [1.82, 2.24) is 9.97 Å². The van der Waals surface area contributed by atoms with Crippen LogP contribution in [0.25, 0.3) is 11.4 Å². The lowest BCUT2D eigenvalue weighted by Gasteiger charge is -2.07. The number of aromatic nitrogens is 2. The zero-order valence-electron chi connectivity index (χ0n) is 10.9. The number of carboxylic acids is 1. The number of nitriles is 1. The van der Waals surface area contributed by atoms with Crippen molar-refractivity contribution in [2.45, 2.75) is 0 Å². The number of aromatic carboxylic acids is 1. The van der Waals surface area contributed by atoms with Crippen molar-refractivity contribution >= 4 is 5.97 Å². The molecule has 0 aliphatic carbocycles. The van der Waals surface area contributed by atoms with Gasteiger partial charge in [0.1, 0.15) is 18.4 Å². The standard InChI is InChI=1S/C14H11N3O4/c15-6-10-5-9(1-2-12(10)21-4-3-18)13-16-7-11(8-17-13)14(19)20/h1-2,5,7-8,18H,3-4H2,(H,19,20).